The number of nitrogens with zero attached hydrogens (tertiary/aromatic N) is 4. The number of carbonyl (C=O) groups excluding carboxylic acids is 2. The summed E-state index contributed by atoms with van der Waals surface area (Å²) >= 11 is 0.982. The van der Waals surface area contributed by atoms with E-state index < -0.39 is 35.7 Å². The second-order valence-corrected chi connectivity index (χ2v) is 9.60. The fourth-order valence-electron chi connectivity index (χ4n) is 4.35. The Morgan fingerprint density at radius 1 is 1.31 bits per heavy atom. The highest BCUT2D eigenvalue weighted by Crippen LogP contribution is 2.33. The van der Waals surface area contributed by atoms with Crippen LogP contribution < -0.4 is 9.64 Å². The molecule has 1 aromatic heterocycles. The molecule has 0 aliphatic carbocycles. The first-order chi connectivity index (χ1) is 17.2. The highest BCUT2D eigenvalue weighted by Gasteiger charge is 2.39. The van der Waals surface area contributed by atoms with E-state index in [4.69, 9.17) is 18.9 Å². The van der Waals surface area contributed by atoms with Gasteiger partial charge in [0, 0.05) is 18.7 Å². The lowest BCUT2D eigenvalue weighted by atomic mass is 9.97. The van der Waals surface area contributed by atoms with Gasteiger partial charge in [0.25, 0.3) is 5.91 Å². The Labute approximate surface area is 209 Å². The summed E-state index contributed by atoms with van der Waals surface area (Å²) < 4.78 is 59.6. The van der Waals surface area contributed by atoms with E-state index in [1.807, 2.05) is 0 Å². The molecule has 1 aromatic carbocycles. The van der Waals surface area contributed by atoms with Gasteiger partial charge < -0.3 is 23.8 Å². The van der Waals surface area contributed by atoms with Gasteiger partial charge in [0.15, 0.2) is 18.0 Å². The molecule has 2 amide bonds. The molecule has 2 aromatic rings. The number of hydrogen-bond donors (Lipinski definition) is 0. The Hall–Kier alpha value is -3.16. The summed E-state index contributed by atoms with van der Waals surface area (Å²) in [6.45, 7) is 4.23. The Morgan fingerprint density at radius 3 is 2.69 bits per heavy atom. The smallest absolute Gasteiger partial charge is 0.414 e. The lowest BCUT2D eigenvalue weighted by molar-refractivity contribution is -0.159. The van der Waals surface area contributed by atoms with Crippen LogP contribution in [0, 0.1) is 11.6 Å². The lowest BCUT2D eigenvalue weighted by Crippen LogP contribution is -2.43. The SMILES string of the molecule is CC1(C)OC[C@@H](C(=O)N2CC=C(c3c(F)cc(N4C[C@H](COc5cnsn5)OC4=O)cc3F)CC2)O1. The van der Waals surface area contributed by atoms with E-state index >= 15 is 8.78 Å². The monoisotopic (exact) mass is 522 g/mol. The molecule has 13 heteroatoms. The maximum absolute atomic E-state index is 15.1. The molecule has 5 rings (SSSR count). The zero-order valence-electron chi connectivity index (χ0n) is 19.6. The summed E-state index contributed by atoms with van der Waals surface area (Å²) in [7, 11) is 0. The molecule has 0 unspecified atom stereocenters. The quantitative estimate of drug-likeness (QED) is 0.571. The van der Waals surface area contributed by atoms with E-state index in [9.17, 15) is 9.59 Å². The van der Waals surface area contributed by atoms with Crippen molar-refractivity contribution in [2.75, 3.05) is 37.7 Å². The first-order valence-electron chi connectivity index (χ1n) is 11.4. The highest BCUT2D eigenvalue weighted by molar-refractivity contribution is 6.99. The van der Waals surface area contributed by atoms with Crippen molar-refractivity contribution in [2.24, 2.45) is 0 Å². The summed E-state index contributed by atoms with van der Waals surface area (Å²) in [5, 5.41) is 0. The summed E-state index contributed by atoms with van der Waals surface area (Å²) in [5.41, 5.74) is 0.332. The predicted octanol–water partition coefficient (Wildman–Crippen LogP) is 2.99. The van der Waals surface area contributed by atoms with Gasteiger partial charge in [0.2, 0.25) is 5.88 Å². The van der Waals surface area contributed by atoms with Gasteiger partial charge in [-0.15, -0.1) is 4.37 Å². The largest absolute Gasteiger partial charge is 0.472 e. The van der Waals surface area contributed by atoms with Crippen molar-refractivity contribution >= 4 is 35.0 Å². The van der Waals surface area contributed by atoms with Crippen molar-refractivity contribution in [3.63, 3.8) is 0 Å². The third-order valence-electron chi connectivity index (χ3n) is 6.10. The molecule has 10 nitrogen and oxygen atoms in total. The van der Waals surface area contributed by atoms with Crippen molar-refractivity contribution in [3.05, 3.63) is 41.6 Å². The molecular formula is C23H24F2N4O6S. The normalized spacial score (nSPS) is 23.6. The Balaban J connectivity index is 1.24. The maximum Gasteiger partial charge on any atom is 0.414 e. The Bertz CT molecular complexity index is 1170. The summed E-state index contributed by atoms with van der Waals surface area (Å²) in [6.07, 6.45) is 1.29. The van der Waals surface area contributed by atoms with Crippen LogP contribution in [0.3, 0.4) is 0 Å². The molecule has 0 radical (unpaired) electrons. The van der Waals surface area contributed by atoms with Gasteiger partial charge in [-0.3, -0.25) is 9.69 Å². The average Bonchev–Trinajstić information content (AvgIpc) is 3.57. The zero-order valence-corrected chi connectivity index (χ0v) is 20.4. The molecule has 2 atom stereocenters. The van der Waals surface area contributed by atoms with Crippen LogP contribution >= 0.6 is 11.7 Å². The van der Waals surface area contributed by atoms with E-state index in [1.165, 1.54) is 6.20 Å². The number of halogens is 2. The van der Waals surface area contributed by atoms with Crippen molar-refractivity contribution in [3.8, 4) is 5.88 Å². The van der Waals surface area contributed by atoms with Crippen molar-refractivity contribution < 1.29 is 37.3 Å². The molecule has 36 heavy (non-hydrogen) atoms. The van der Waals surface area contributed by atoms with E-state index in [1.54, 1.807) is 24.8 Å². The van der Waals surface area contributed by atoms with E-state index in [2.05, 4.69) is 8.75 Å². The third kappa shape index (κ3) is 5.04. The number of anilines is 1. The fourth-order valence-corrected chi connectivity index (χ4v) is 4.71. The lowest BCUT2D eigenvalue weighted by Gasteiger charge is -2.29. The molecule has 0 N–H and O–H groups in total. The van der Waals surface area contributed by atoms with Gasteiger partial charge in [0.05, 0.1) is 30.6 Å². The average molecular weight is 523 g/mol. The summed E-state index contributed by atoms with van der Waals surface area (Å²) in [6, 6.07) is 2.22. The number of rotatable bonds is 6. The standard InChI is InChI=1S/C23H24F2N4O6S/c1-23(2)33-12-18(35-23)21(30)28-5-3-13(4-6-28)20-16(24)7-14(8-17(20)25)29-10-15(34-22(29)31)11-32-19-9-26-36-27-19/h3,7-9,15,18H,4-6,10-12H2,1-2H3/t15-,18+/m1/s1. The number of amides is 2. The van der Waals surface area contributed by atoms with E-state index in [0.29, 0.717) is 18.0 Å². The number of aromatic nitrogens is 2. The maximum atomic E-state index is 15.1. The molecule has 0 bridgehead atoms. The minimum absolute atomic E-state index is 0.0360. The van der Waals surface area contributed by atoms with E-state index in [-0.39, 0.29) is 49.9 Å². The van der Waals surface area contributed by atoms with Crippen LogP contribution in [-0.4, -0.2) is 76.5 Å². The van der Waals surface area contributed by atoms with Crippen LogP contribution in [-0.2, 0) is 19.0 Å². The molecule has 0 spiro atoms. The molecule has 2 saturated heterocycles. The van der Waals surface area contributed by atoms with Crippen LogP contribution in [0.1, 0.15) is 25.8 Å². The van der Waals surface area contributed by atoms with Crippen LogP contribution in [0.5, 0.6) is 5.88 Å². The zero-order chi connectivity index (χ0) is 25.4. The van der Waals surface area contributed by atoms with Crippen LogP contribution in [0.25, 0.3) is 5.57 Å². The number of benzene rings is 1. The first kappa shape index (κ1) is 24.5. The van der Waals surface area contributed by atoms with Gasteiger partial charge in [-0.25, -0.2) is 13.6 Å². The van der Waals surface area contributed by atoms with E-state index in [0.717, 1.165) is 28.8 Å². The van der Waals surface area contributed by atoms with Crippen LogP contribution in [0.2, 0.25) is 0 Å². The molecule has 0 saturated carbocycles. The summed E-state index contributed by atoms with van der Waals surface area (Å²) in [5.74, 6) is -2.33. The van der Waals surface area contributed by atoms with Crippen molar-refractivity contribution in [1.82, 2.24) is 13.6 Å². The topological polar surface area (TPSA) is 103 Å². The van der Waals surface area contributed by atoms with Gasteiger partial charge in [-0.2, -0.15) is 4.37 Å². The third-order valence-corrected chi connectivity index (χ3v) is 6.56. The number of carbonyl (C=O) groups is 2. The Kier molecular flexibility index (Phi) is 6.62. The summed E-state index contributed by atoms with van der Waals surface area (Å²) in [4.78, 5) is 27.8. The van der Waals surface area contributed by atoms with Gasteiger partial charge >= 0.3 is 6.09 Å². The molecule has 3 aliphatic rings. The molecule has 3 aliphatic heterocycles. The van der Waals surface area contributed by atoms with Crippen molar-refractivity contribution in [2.45, 2.75) is 38.3 Å². The molecule has 2 fully saturated rings. The number of ether oxygens (including phenoxy) is 4. The fraction of sp³-hybridized carbons (Fsp3) is 0.478. The van der Waals surface area contributed by atoms with Gasteiger partial charge in [0.1, 0.15) is 24.4 Å². The first-order valence-corrected chi connectivity index (χ1v) is 12.1. The van der Waals surface area contributed by atoms with Crippen LogP contribution in [0.15, 0.2) is 24.4 Å². The second-order valence-electron chi connectivity index (χ2n) is 9.04. The molecular weight excluding hydrogens is 498 g/mol. The minimum atomic E-state index is -0.821. The van der Waals surface area contributed by atoms with Crippen molar-refractivity contribution in [1.29, 1.82) is 0 Å². The van der Waals surface area contributed by atoms with Gasteiger partial charge in [-0.1, -0.05) is 6.08 Å². The molecule has 4 heterocycles. The van der Waals surface area contributed by atoms with Crippen LogP contribution in [0.4, 0.5) is 19.3 Å². The molecule has 192 valence electrons. The number of hydrogen-bond acceptors (Lipinski definition) is 9. The second kappa shape index (κ2) is 9.71. The number of cyclic esters (lactones) is 1. The van der Waals surface area contributed by atoms with Gasteiger partial charge in [-0.05, 0) is 38.0 Å². The Morgan fingerprint density at radius 2 is 2.08 bits per heavy atom. The predicted molar refractivity (Wildman–Crippen MR) is 123 cm³/mol. The highest BCUT2D eigenvalue weighted by atomic mass is 32.1. The minimum Gasteiger partial charge on any atom is -0.472 e.